The van der Waals surface area contributed by atoms with Gasteiger partial charge in [-0.05, 0) is 29.8 Å². The number of hydrogen-bond acceptors (Lipinski definition) is 2. The normalized spacial score (nSPS) is 12.7. The molecule has 0 spiro atoms. The summed E-state index contributed by atoms with van der Waals surface area (Å²) in [4.78, 5) is 4.39. The molecule has 0 aliphatic rings. The van der Waals surface area contributed by atoms with E-state index in [1.807, 2.05) is 24.3 Å². The molecule has 2 rings (SSSR count). The third-order valence-electron chi connectivity index (χ3n) is 2.10. The van der Waals surface area contributed by atoms with Gasteiger partial charge in [0.05, 0.1) is 6.26 Å². The highest BCUT2D eigenvalue weighted by Crippen LogP contribution is 2.32. The van der Waals surface area contributed by atoms with Gasteiger partial charge in [-0.1, -0.05) is 22.0 Å². The predicted octanol–water partition coefficient (Wildman–Crippen LogP) is 4.01. The number of nitrogens with zero attached hydrogens (tertiary/aromatic N) is 1. The lowest BCUT2D eigenvalue weighted by Crippen LogP contribution is -1.96. The maximum absolute atomic E-state index is 5.88. The second-order valence-corrected chi connectivity index (χ2v) is 4.59. The van der Waals surface area contributed by atoms with E-state index in [1.165, 1.54) is 0 Å². The van der Waals surface area contributed by atoms with Gasteiger partial charge in [0.15, 0.2) is 5.22 Å². The summed E-state index contributed by atoms with van der Waals surface area (Å²) in [6.45, 7) is 0. The molecule has 4 heteroatoms. The van der Waals surface area contributed by atoms with Gasteiger partial charge in [-0.25, -0.2) is 0 Å². The van der Waals surface area contributed by atoms with Gasteiger partial charge in [-0.15, -0.1) is 0 Å². The van der Waals surface area contributed by atoms with Crippen molar-refractivity contribution in [3.05, 3.63) is 53.2 Å². The molecule has 1 unspecified atom stereocenters. The van der Waals surface area contributed by atoms with Crippen LogP contribution >= 0.6 is 27.5 Å². The summed E-state index contributed by atoms with van der Waals surface area (Å²) in [6.07, 6.45) is 4.16. The Labute approximate surface area is 101 Å². The molecule has 0 fully saturated rings. The van der Waals surface area contributed by atoms with E-state index >= 15 is 0 Å². The smallest absolute Gasteiger partial charge is 0.197 e. The third-order valence-corrected chi connectivity index (χ3v) is 3.22. The van der Waals surface area contributed by atoms with Crippen LogP contribution in [0.2, 0.25) is 5.22 Å². The molecule has 0 saturated heterocycles. The number of pyridine rings is 1. The Balaban J connectivity index is 2.11. The molecule has 78 valence electrons. The molecule has 0 aromatic carbocycles. The van der Waals surface area contributed by atoms with Crippen LogP contribution in [-0.4, -0.2) is 4.98 Å². The van der Waals surface area contributed by atoms with Crippen LogP contribution in [0.25, 0.3) is 0 Å². The van der Waals surface area contributed by atoms with Crippen LogP contribution < -0.4 is 0 Å². The quantitative estimate of drug-likeness (QED) is 0.797. The zero-order valence-corrected chi connectivity index (χ0v) is 10.2. The second-order valence-electron chi connectivity index (χ2n) is 3.14. The van der Waals surface area contributed by atoms with E-state index in [0.717, 1.165) is 17.7 Å². The Morgan fingerprint density at radius 1 is 1.40 bits per heavy atom. The van der Waals surface area contributed by atoms with Crippen molar-refractivity contribution >= 4 is 27.5 Å². The molecule has 0 saturated carbocycles. The minimum Gasteiger partial charge on any atom is -0.453 e. The highest BCUT2D eigenvalue weighted by atomic mass is 79.9. The molecular formula is C11H9BrClNO. The van der Waals surface area contributed by atoms with Crippen molar-refractivity contribution < 1.29 is 4.42 Å². The van der Waals surface area contributed by atoms with Crippen LogP contribution in [0, 0.1) is 0 Å². The topological polar surface area (TPSA) is 26.0 Å². The standard InChI is InChI=1S/C11H9BrClNO/c12-10(9-4-6-15-11(9)13)7-8-3-1-2-5-14-8/h1-6,10H,7H2. The fraction of sp³-hybridized carbons (Fsp3) is 0.182. The SMILES string of the molecule is Clc1occc1C(Br)Cc1ccccn1. The van der Waals surface area contributed by atoms with Crippen molar-refractivity contribution in [2.24, 2.45) is 0 Å². The van der Waals surface area contributed by atoms with E-state index in [0.29, 0.717) is 5.22 Å². The molecule has 0 radical (unpaired) electrons. The summed E-state index contributed by atoms with van der Waals surface area (Å²) >= 11 is 9.45. The van der Waals surface area contributed by atoms with Crippen molar-refractivity contribution in [3.8, 4) is 0 Å². The van der Waals surface area contributed by atoms with Crippen molar-refractivity contribution in [2.45, 2.75) is 11.2 Å². The fourth-order valence-electron chi connectivity index (χ4n) is 1.34. The van der Waals surface area contributed by atoms with Crippen molar-refractivity contribution in [2.75, 3.05) is 0 Å². The summed E-state index contributed by atoms with van der Waals surface area (Å²) in [5.41, 5.74) is 1.99. The van der Waals surface area contributed by atoms with E-state index in [4.69, 9.17) is 16.0 Å². The van der Waals surface area contributed by atoms with Crippen LogP contribution in [0.3, 0.4) is 0 Å². The molecular weight excluding hydrogens is 277 g/mol. The highest BCUT2D eigenvalue weighted by Gasteiger charge is 2.14. The molecule has 0 aliphatic heterocycles. The first kappa shape index (κ1) is 10.7. The number of rotatable bonds is 3. The van der Waals surface area contributed by atoms with Crippen LogP contribution in [0.1, 0.15) is 16.1 Å². The van der Waals surface area contributed by atoms with Crippen LogP contribution in [0.4, 0.5) is 0 Å². The van der Waals surface area contributed by atoms with Gasteiger partial charge in [0.1, 0.15) is 0 Å². The number of halogens is 2. The molecule has 2 heterocycles. The van der Waals surface area contributed by atoms with Crippen molar-refractivity contribution in [1.82, 2.24) is 4.98 Å². The molecule has 1 atom stereocenters. The van der Waals surface area contributed by atoms with E-state index in [9.17, 15) is 0 Å². The van der Waals surface area contributed by atoms with Crippen LogP contribution in [0.5, 0.6) is 0 Å². The number of aromatic nitrogens is 1. The van der Waals surface area contributed by atoms with Crippen molar-refractivity contribution in [1.29, 1.82) is 0 Å². The maximum atomic E-state index is 5.88. The minimum absolute atomic E-state index is 0.138. The zero-order chi connectivity index (χ0) is 10.7. The number of hydrogen-bond donors (Lipinski definition) is 0. The zero-order valence-electron chi connectivity index (χ0n) is 7.86. The molecule has 0 N–H and O–H groups in total. The Bertz CT molecular complexity index is 429. The third kappa shape index (κ3) is 2.61. The van der Waals surface area contributed by atoms with E-state index in [1.54, 1.807) is 12.5 Å². The minimum atomic E-state index is 0.138. The molecule has 0 amide bonds. The van der Waals surface area contributed by atoms with Gasteiger partial charge in [-0.3, -0.25) is 4.98 Å². The first-order valence-electron chi connectivity index (χ1n) is 4.54. The highest BCUT2D eigenvalue weighted by molar-refractivity contribution is 9.09. The second kappa shape index (κ2) is 4.81. The first-order valence-corrected chi connectivity index (χ1v) is 5.83. The van der Waals surface area contributed by atoms with Crippen LogP contribution in [-0.2, 0) is 6.42 Å². The predicted molar refractivity (Wildman–Crippen MR) is 63.3 cm³/mol. The lowest BCUT2D eigenvalue weighted by Gasteiger charge is -2.06. The summed E-state index contributed by atoms with van der Waals surface area (Å²) in [6, 6.07) is 7.73. The van der Waals surface area contributed by atoms with Crippen molar-refractivity contribution in [3.63, 3.8) is 0 Å². The first-order chi connectivity index (χ1) is 7.27. The average Bonchev–Trinajstić information content (AvgIpc) is 2.66. The Hall–Kier alpha value is -0.800. The maximum Gasteiger partial charge on any atom is 0.197 e. The van der Waals surface area contributed by atoms with Crippen LogP contribution in [0.15, 0.2) is 41.1 Å². The van der Waals surface area contributed by atoms with E-state index < -0.39 is 0 Å². The van der Waals surface area contributed by atoms with Gasteiger partial charge in [0, 0.05) is 28.7 Å². The monoisotopic (exact) mass is 285 g/mol. The molecule has 0 aliphatic carbocycles. The van der Waals surface area contributed by atoms with E-state index in [-0.39, 0.29) is 4.83 Å². The Morgan fingerprint density at radius 3 is 2.87 bits per heavy atom. The molecule has 0 bridgehead atoms. The van der Waals surface area contributed by atoms with Gasteiger partial charge in [-0.2, -0.15) is 0 Å². The number of furan rings is 1. The van der Waals surface area contributed by atoms with Gasteiger partial charge < -0.3 is 4.42 Å². The summed E-state index contributed by atoms with van der Waals surface area (Å²) in [5.74, 6) is 0. The van der Waals surface area contributed by atoms with E-state index in [2.05, 4.69) is 20.9 Å². The summed E-state index contributed by atoms with van der Waals surface area (Å²) in [5, 5.41) is 0.438. The van der Waals surface area contributed by atoms with Gasteiger partial charge >= 0.3 is 0 Å². The fourth-order valence-corrected chi connectivity index (χ4v) is 2.41. The average molecular weight is 287 g/mol. The lowest BCUT2D eigenvalue weighted by atomic mass is 10.1. The molecule has 2 aromatic rings. The largest absolute Gasteiger partial charge is 0.453 e. The summed E-state index contributed by atoms with van der Waals surface area (Å²) < 4.78 is 5.04. The molecule has 2 nitrogen and oxygen atoms in total. The Morgan fingerprint density at radius 2 is 2.27 bits per heavy atom. The van der Waals surface area contributed by atoms with Gasteiger partial charge in [0.25, 0.3) is 0 Å². The lowest BCUT2D eigenvalue weighted by molar-refractivity contribution is 0.565. The van der Waals surface area contributed by atoms with Gasteiger partial charge in [0.2, 0.25) is 0 Å². The molecule has 15 heavy (non-hydrogen) atoms. The Kier molecular flexibility index (Phi) is 3.44. The summed E-state index contributed by atoms with van der Waals surface area (Å²) in [7, 11) is 0. The number of alkyl halides is 1. The molecule has 2 aromatic heterocycles.